The van der Waals surface area contributed by atoms with Crippen LogP contribution in [-0.4, -0.2) is 37.7 Å². The third kappa shape index (κ3) is 4.38. The Hall–Kier alpha value is -3.48. The molecule has 0 radical (unpaired) electrons. The Morgan fingerprint density at radius 3 is 2.67 bits per heavy atom. The molecule has 0 atom stereocenters. The van der Waals surface area contributed by atoms with Crippen LogP contribution in [0, 0.1) is 0 Å². The molecule has 0 aliphatic rings. The Balaban J connectivity index is 1.55. The summed E-state index contributed by atoms with van der Waals surface area (Å²) in [5.74, 6) is 0.130. The second kappa shape index (κ2) is 8.27. The molecule has 0 bridgehead atoms. The Morgan fingerprint density at radius 1 is 1.07 bits per heavy atom. The summed E-state index contributed by atoms with van der Waals surface area (Å²) < 4.78 is 15.4. The molecule has 0 spiro atoms. The molecular formula is C20H20N2O5. The minimum absolute atomic E-state index is 0.0865. The highest BCUT2D eigenvalue weighted by Crippen LogP contribution is 2.28. The van der Waals surface area contributed by atoms with Gasteiger partial charge in [-0.1, -0.05) is 18.2 Å². The number of carbonyl (C=O) groups is 2. The summed E-state index contributed by atoms with van der Waals surface area (Å²) >= 11 is 0. The van der Waals surface area contributed by atoms with Gasteiger partial charge in [-0.3, -0.25) is 9.59 Å². The van der Waals surface area contributed by atoms with Crippen molar-refractivity contribution in [2.75, 3.05) is 26.1 Å². The predicted molar refractivity (Wildman–Crippen MR) is 101 cm³/mol. The molecule has 0 aliphatic heterocycles. The van der Waals surface area contributed by atoms with E-state index in [9.17, 15) is 9.59 Å². The maximum atomic E-state index is 12.1. The van der Waals surface area contributed by atoms with Crippen LogP contribution in [0.15, 0.2) is 48.7 Å². The summed E-state index contributed by atoms with van der Waals surface area (Å²) in [6.07, 6.45) is 1.86. The van der Waals surface area contributed by atoms with Crippen molar-refractivity contribution in [3.05, 3.63) is 54.2 Å². The molecular weight excluding hydrogens is 348 g/mol. The number of benzene rings is 2. The van der Waals surface area contributed by atoms with Crippen LogP contribution in [0.4, 0.5) is 5.69 Å². The Labute approximate surface area is 156 Å². The Morgan fingerprint density at radius 2 is 1.89 bits per heavy atom. The zero-order valence-electron chi connectivity index (χ0n) is 15.1. The number of hydrogen-bond acceptors (Lipinski definition) is 5. The first-order chi connectivity index (χ1) is 13.1. The van der Waals surface area contributed by atoms with Crippen LogP contribution in [0.5, 0.6) is 11.5 Å². The van der Waals surface area contributed by atoms with Crippen LogP contribution in [0.25, 0.3) is 10.9 Å². The molecule has 27 heavy (non-hydrogen) atoms. The normalized spacial score (nSPS) is 10.4. The lowest BCUT2D eigenvalue weighted by atomic mass is 10.1. The first kappa shape index (κ1) is 18.3. The molecule has 0 saturated carbocycles. The highest BCUT2D eigenvalue weighted by atomic mass is 16.5. The first-order valence-electron chi connectivity index (χ1n) is 8.33. The number of esters is 1. The van der Waals surface area contributed by atoms with Gasteiger partial charge in [-0.25, -0.2) is 0 Å². The van der Waals surface area contributed by atoms with E-state index in [0.29, 0.717) is 17.2 Å². The van der Waals surface area contributed by atoms with Crippen molar-refractivity contribution in [1.82, 2.24) is 4.98 Å². The van der Waals surface area contributed by atoms with E-state index < -0.39 is 11.9 Å². The number of methoxy groups -OCH3 is 2. The van der Waals surface area contributed by atoms with Gasteiger partial charge < -0.3 is 24.5 Å². The number of ether oxygens (including phenoxy) is 3. The van der Waals surface area contributed by atoms with E-state index in [2.05, 4.69) is 10.3 Å². The topological polar surface area (TPSA) is 89.6 Å². The number of hydrogen-bond donors (Lipinski definition) is 2. The van der Waals surface area contributed by atoms with E-state index in [0.717, 1.165) is 16.5 Å². The van der Waals surface area contributed by atoms with Crippen molar-refractivity contribution < 1.29 is 23.8 Å². The minimum Gasteiger partial charge on any atom is -0.497 e. The number of aromatic nitrogens is 1. The third-order valence-electron chi connectivity index (χ3n) is 4.06. The summed E-state index contributed by atoms with van der Waals surface area (Å²) in [6.45, 7) is -0.379. The van der Waals surface area contributed by atoms with E-state index in [1.807, 2.05) is 24.3 Å². The standard InChI is InChI=1S/C20H20N2O5/c1-25-14-7-8-17(18(10-14)26-2)22-19(23)12-27-20(24)9-13-11-21-16-6-4-3-5-15(13)16/h3-8,10-11,21H,9,12H2,1-2H3,(H,22,23). The van der Waals surface area contributed by atoms with Gasteiger partial charge in [-0.05, 0) is 23.8 Å². The first-order valence-corrected chi connectivity index (χ1v) is 8.33. The van der Waals surface area contributed by atoms with Crippen LogP contribution in [0.1, 0.15) is 5.56 Å². The zero-order valence-corrected chi connectivity index (χ0v) is 15.1. The van der Waals surface area contributed by atoms with Crippen LogP contribution < -0.4 is 14.8 Å². The number of H-pyrrole nitrogens is 1. The molecule has 0 saturated heterocycles. The molecule has 1 aromatic heterocycles. The molecule has 1 heterocycles. The molecule has 0 aliphatic carbocycles. The molecule has 7 nitrogen and oxygen atoms in total. The van der Waals surface area contributed by atoms with Gasteiger partial charge in [0.15, 0.2) is 6.61 Å². The second-order valence-electron chi connectivity index (χ2n) is 5.81. The lowest BCUT2D eigenvalue weighted by Gasteiger charge is -2.11. The van der Waals surface area contributed by atoms with Crippen molar-refractivity contribution in [3.63, 3.8) is 0 Å². The van der Waals surface area contributed by atoms with E-state index in [1.165, 1.54) is 7.11 Å². The largest absolute Gasteiger partial charge is 0.497 e. The Bertz CT molecular complexity index is 964. The number of carbonyl (C=O) groups excluding carboxylic acids is 2. The lowest BCUT2D eigenvalue weighted by molar-refractivity contribution is -0.146. The highest BCUT2D eigenvalue weighted by Gasteiger charge is 2.13. The van der Waals surface area contributed by atoms with Gasteiger partial charge in [0.25, 0.3) is 5.91 Å². The van der Waals surface area contributed by atoms with E-state index >= 15 is 0 Å². The van der Waals surface area contributed by atoms with E-state index in [1.54, 1.807) is 31.5 Å². The van der Waals surface area contributed by atoms with Gasteiger partial charge in [0, 0.05) is 23.2 Å². The second-order valence-corrected chi connectivity index (χ2v) is 5.81. The number of aromatic amines is 1. The number of anilines is 1. The van der Waals surface area contributed by atoms with Crippen LogP contribution in [0.2, 0.25) is 0 Å². The van der Waals surface area contributed by atoms with Crippen molar-refractivity contribution in [2.24, 2.45) is 0 Å². The minimum atomic E-state index is -0.475. The van der Waals surface area contributed by atoms with Crippen LogP contribution in [0.3, 0.4) is 0 Å². The molecule has 1 amide bonds. The van der Waals surface area contributed by atoms with Crippen LogP contribution in [-0.2, 0) is 20.7 Å². The number of fused-ring (bicyclic) bond motifs is 1. The van der Waals surface area contributed by atoms with E-state index in [4.69, 9.17) is 14.2 Å². The monoisotopic (exact) mass is 368 g/mol. The smallest absolute Gasteiger partial charge is 0.310 e. The van der Waals surface area contributed by atoms with Gasteiger partial charge >= 0.3 is 5.97 Å². The molecule has 3 aromatic rings. The average molecular weight is 368 g/mol. The summed E-state index contributed by atoms with van der Waals surface area (Å²) in [4.78, 5) is 27.2. The highest BCUT2D eigenvalue weighted by molar-refractivity contribution is 5.94. The predicted octanol–water partition coefficient (Wildman–Crippen LogP) is 2.91. The maximum absolute atomic E-state index is 12.1. The Kier molecular flexibility index (Phi) is 5.61. The van der Waals surface area contributed by atoms with Crippen molar-refractivity contribution in [2.45, 2.75) is 6.42 Å². The quantitative estimate of drug-likeness (QED) is 0.626. The lowest BCUT2D eigenvalue weighted by Crippen LogP contribution is -2.21. The average Bonchev–Trinajstić information content (AvgIpc) is 3.09. The molecule has 2 N–H and O–H groups in total. The molecule has 0 fully saturated rings. The fraction of sp³-hybridized carbons (Fsp3) is 0.200. The number of rotatable bonds is 7. The molecule has 0 unspecified atom stereocenters. The SMILES string of the molecule is COc1ccc(NC(=O)COC(=O)Cc2c[nH]c3ccccc23)c(OC)c1. The summed E-state index contributed by atoms with van der Waals surface area (Å²) in [5, 5.41) is 3.61. The van der Waals surface area contributed by atoms with Crippen molar-refractivity contribution in [3.8, 4) is 11.5 Å². The van der Waals surface area contributed by atoms with Gasteiger partial charge in [0.2, 0.25) is 0 Å². The maximum Gasteiger partial charge on any atom is 0.310 e. The molecule has 2 aromatic carbocycles. The van der Waals surface area contributed by atoms with Gasteiger partial charge in [-0.15, -0.1) is 0 Å². The molecule has 3 rings (SSSR count). The van der Waals surface area contributed by atoms with E-state index in [-0.39, 0.29) is 13.0 Å². The summed E-state index contributed by atoms with van der Waals surface area (Å²) in [5.41, 5.74) is 2.24. The zero-order chi connectivity index (χ0) is 19.2. The number of para-hydroxylation sites is 1. The number of nitrogens with one attached hydrogen (secondary N) is 2. The molecule has 140 valence electrons. The van der Waals surface area contributed by atoms with Gasteiger partial charge in [0.05, 0.1) is 26.3 Å². The fourth-order valence-electron chi connectivity index (χ4n) is 2.72. The van der Waals surface area contributed by atoms with Crippen LogP contribution >= 0.6 is 0 Å². The molecule has 7 heteroatoms. The fourth-order valence-corrected chi connectivity index (χ4v) is 2.72. The van der Waals surface area contributed by atoms with Crippen molar-refractivity contribution >= 4 is 28.5 Å². The summed E-state index contributed by atoms with van der Waals surface area (Å²) in [6, 6.07) is 12.7. The van der Waals surface area contributed by atoms with Crippen molar-refractivity contribution in [1.29, 1.82) is 0 Å². The summed E-state index contributed by atoms with van der Waals surface area (Å²) in [7, 11) is 3.03. The van der Waals surface area contributed by atoms with Gasteiger partial charge in [-0.2, -0.15) is 0 Å². The van der Waals surface area contributed by atoms with Gasteiger partial charge in [0.1, 0.15) is 11.5 Å². The third-order valence-corrected chi connectivity index (χ3v) is 4.06. The number of amides is 1.